The van der Waals surface area contributed by atoms with E-state index >= 15 is 0 Å². The smallest absolute Gasteiger partial charge is 0.227 e. The molecular formula is C17H13F2NO2. The Morgan fingerprint density at radius 1 is 1.00 bits per heavy atom. The van der Waals surface area contributed by atoms with Crippen molar-refractivity contribution in [1.29, 1.82) is 0 Å². The number of carbonyl (C=O) groups excluding carboxylic acids is 2. The number of hydrogen-bond donors (Lipinski definition) is 0. The van der Waals surface area contributed by atoms with Crippen LogP contribution < -0.4 is 4.90 Å². The lowest BCUT2D eigenvalue weighted by molar-refractivity contribution is -0.118. The van der Waals surface area contributed by atoms with Crippen LogP contribution in [0.5, 0.6) is 0 Å². The molecule has 0 bridgehead atoms. The average molecular weight is 301 g/mol. The van der Waals surface area contributed by atoms with Crippen LogP contribution in [-0.4, -0.2) is 11.7 Å². The van der Waals surface area contributed by atoms with Gasteiger partial charge < -0.3 is 4.90 Å². The summed E-state index contributed by atoms with van der Waals surface area (Å²) < 4.78 is 27.1. The summed E-state index contributed by atoms with van der Waals surface area (Å²) in [6.07, 6.45) is 0.183. The van der Waals surface area contributed by atoms with Crippen LogP contribution in [0.4, 0.5) is 14.5 Å². The van der Waals surface area contributed by atoms with Crippen LogP contribution in [0.25, 0.3) is 0 Å². The molecule has 0 N–H and O–H groups in total. The van der Waals surface area contributed by atoms with Gasteiger partial charge in [0.15, 0.2) is 5.78 Å². The van der Waals surface area contributed by atoms with E-state index in [4.69, 9.17) is 0 Å². The van der Waals surface area contributed by atoms with Crippen LogP contribution in [0.15, 0.2) is 42.5 Å². The molecule has 0 radical (unpaired) electrons. The maximum absolute atomic E-state index is 13.8. The highest BCUT2D eigenvalue weighted by molar-refractivity contribution is 6.09. The molecule has 3 nitrogen and oxygen atoms in total. The SMILES string of the molecule is O=C1CCC(=O)N(Cc2cc(F)ccc2F)c2ccccc21. The predicted octanol–water partition coefficient (Wildman–Crippen LogP) is 3.47. The van der Waals surface area contributed by atoms with E-state index in [0.717, 1.165) is 18.2 Å². The van der Waals surface area contributed by atoms with Gasteiger partial charge in [-0.05, 0) is 30.3 Å². The molecule has 1 heterocycles. The molecule has 0 atom stereocenters. The lowest BCUT2D eigenvalue weighted by atomic mass is 10.1. The lowest BCUT2D eigenvalue weighted by Crippen LogP contribution is -2.30. The molecule has 2 aromatic carbocycles. The molecule has 0 spiro atoms. The van der Waals surface area contributed by atoms with E-state index in [1.165, 1.54) is 4.90 Å². The van der Waals surface area contributed by atoms with Gasteiger partial charge in [0.1, 0.15) is 11.6 Å². The molecule has 0 unspecified atom stereocenters. The third-order valence-corrected chi connectivity index (χ3v) is 3.70. The number of carbonyl (C=O) groups is 2. The molecule has 112 valence electrons. The van der Waals surface area contributed by atoms with Crippen molar-refractivity contribution in [2.75, 3.05) is 4.90 Å². The summed E-state index contributed by atoms with van der Waals surface area (Å²) in [4.78, 5) is 25.7. The highest BCUT2D eigenvalue weighted by atomic mass is 19.1. The zero-order valence-electron chi connectivity index (χ0n) is 11.7. The Morgan fingerprint density at radius 3 is 2.59 bits per heavy atom. The van der Waals surface area contributed by atoms with Gasteiger partial charge in [-0.1, -0.05) is 12.1 Å². The van der Waals surface area contributed by atoms with E-state index in [-0.39, 0.29) is 36.6 Å². The van der Waals surface area contributed by atoms with Gasteiger partial charge in [-0.2, -0.15) is 0 Å². The number of rotatable bonds is 2. The second-order valence-corrected chi connectivity index (χ2v) is 5.16. The van der Waals surface area contributed by atoms with Crippen LogP contribution >= 0.6 is 0 Å². The number of anilines is 1. The van der Waals surface area contributed by atoms with Crippen molar-refractivity contribution in [1.82, 2.24) is 0 Å². The fourth-order valence-electron chi connectivity index (χ4n) is 2.58. The summed E-state index contributed by atoms with van der Waals surface area (Å²) in [7, 11) is 0. The van der Waals surface area contributed by atoms with E-state index in [9.17, 15) is 18.4 Å². The predicted molar refractivity (Wildman–Crippen MR) is 77.6 cm³/mol. The van der Waals surface area contributed by atoms with Gasteiger partial charge in [-0.15, -0.1) is 0 Å². The van der Waals surface area contributed by atoms with E-state index in [2.05, 4.69) is 0 Å². The Hall–Kier alpha value is -2.56. The zero-order chi connectivity index (χ0) is 15.7. The van der Waals surface area contributed by atoms with Crippen molar-refractivity contribution in [2.24, 2.45) is 0 Å². The molecule has 0 fully saturated rings. The average Bonchev–Trinajstić information content (AvgIpc) is 2.63. The molecule has 0 saturated carbocycles. The van der Waals surface area contributed by atoms with Gasteiger partial charge in [0.25, 0.3) is 0 Å². The highest BCUT2D eigenvalue weighted by Crippen LogP contribution is 2.28. The maximum atomic E-state index is 13.8. The molecule has 2 aromatic rings. The molecule has 3 rings (SSSR count). The van der Waals surface area contributed by atoms with Crippen LogP contribution in [0, 0.1) is 11.6 Å². The molecular weight excluding hydrogens is 288 g/mol. The first-order chi connectivity index (χ1) is 10.6. The van der Waals surface area contributed by atoms with Crippen molar-refractivity contribution >= 4 is 17.4 Å². The summed E-state index contributed by atoms with van der Waals surface area (Å²) in [5, 5.41) is 0. The number of ketones is 1. The molecule has 5 heteroatoms. The summed E-state index contributed by atoms with van der Waals surface area (Å²) in [6, 6.07) is 9.84. The maximum Gasteiger partial charge on any atom is 0.227 e. The van der Waals surface area contributed by atoms with Crippen molar-refractivity contribution in [3.63, 3.8) is 0 Å². The Morgan fingerprint density at radius 2 is 1.77 bits per heavy atom. The Bertz CT molecular complexity index is 758. The zero-order valence-corrected chi connectivity index (χ0v) is 11.7. The fraction of sp³-hybridized carbons (Fsp3) is 0.176. The molecule has 0 aromatic heterocycles. The third kappa shape index (κ3) is 2.62. The second-order valence-electron chi connectivity index (χ2n) is 5.16. The number of halogens is 2. The lowest BCUT2D eigenvalue weighted by Gasteiger charge is -2.23. The number of amides is 1. The number of fused-ring (bicyclic) bond motifs is 1. The molecule has 0 saturated heterocycles. The Kier molecular flexibility index (Phi) is 3.71. The first kappa shape index (κ1) is 14.4. The van der Waals surface area contributed by atoms with Crippen LogP contribution in [0.1, 0.15) is 28.8 Å². The van der Waals surface area contributed by atoms with Crippen molar-refractivity contribution in [3.8, 4) is 0 Å². The van der Waals surface area contributed by atoms with Gasteiger partial charge >= 0.3 is 0 Å². The van der Waals surface area contributed by atoms with Gasteiger partial charge in [0.05, 0.1) is 12.2 Å². The molecule has 1 aliphatic rings. The second kappa shape index (κ2) is 5.67. The largest absolute Gasteiger partial charge is 0.307 e. The summed E-state index contributed by atoms with van der Waals surface area (Å²) in [6.45, 7) is -0.104. The van der Waals surface area contributed by atoms with Crippen LogP contribution in [0.2, 0.25) is 0 Å². The molecule has 1 amide bonds. The van der Waals surface area contributed by atoms with Crippen molar-refractivity contribution in [2.45, 2.75) is 19.4 Å². The van der Waals surface area contributed by atoms with Crippen molar-refractivity contribution in [3.05, 3.63) is 65.2 Å². The minimum atomic E-state index is -0.581. The number of hydrogen-bond acceptors (Lipinski definition) is 2. The van der Waals surface area contributed by atoms with E-state index in [1.54, 1.807) is 24.3 Å². The minimum absolute atomic E-state index is 0.0600. The van der Waals surface area contributed by atoms with E-state index in [0.29, 0.717) is 11.3 Å². The standard InChI is InChI=1S/C17H13F2NO2/c18-12-5-6-14(19)11(9-12)10-20-15-4-2-1-3-13(15)16(21)7-8-17(20)22/h1-6,9H,7-8,10H2. The van der Waals surface area contributed by atoms with Crippen molar-refractivity contribution < 1.29 is 18.4 Å². The molecule has 22 heavy (non-hydrogen) atoms. The quantitative estimate of drug-likeness (QED) is 0.851. The summed E-state index contributed by atoms with van der Waals surface area (Å²) in [5.74, 6) is -1.54. The highest BCUT2D eigenvalue weighted by Gasteiger charge is 2.27. The van der Waals surface area contributed by atoms with Gasteiger partial charge in [-0.25, -0.2) is 8.78 Å². The first-order valence-corrected chi connectivity index (χ1v) is 6.93. The third-order valence-electron chi connectivity index (χ3n) is 3.70. The fourth-order valence-corrected chi connectivity index (χ4v) is 2.58. The number of benzene rings is 2. The number of para-hydroxylation sites is 1. The monoisotopic (exact) mass is 301 g/mol. The Balaban J connectivity index is 2.04. The normalized spacial score (nSPS) is 14.7. The molecule has 1 aliphatic heterocycles. The van der Waals surface area contributed by atoms with Gasteiger partial charge in [-0.3, -0.25) is 9.59 Å². The molecule has 0 aliphatic carbocycles. The van der Waals surface area contributed by atoms with E-state index in [1.807, 2.05) is 0 Å². The number of nitrogens with zero attached hydrogens (tertiary/aromatic N) is 1. The summed E-state index contributed by atoms with van der Waals surface area (Å²) in [5.41, 5.74) is 0.960. The van der Waals surface area contributed by atoms with Crippen LogP contribution in [0.3, 0.4) is 0 Å². The first-order valence-electron chi connectivity index (χ1n) is 6.93. The minimum Gasteiger partial charge on any atom is -0.307 e. The van der Waals surface area contributed by atoms with E-state index < -0.39 is 11.6 Å². The van der Waals surface area contributed by atoms with Gasteiger partial charge in [0, 0.05) is 24.0 Å². The summed E-state index contributed by atoms with van der Waals surface area (Å²) >= 11 is 0. The van der Waals surface area contributed by atoms with Crippen LogP contribution in [-0.2, 0) is 11.3 Å². The number of Topliss-reactive ketones (excluding diaryl/α,β-unsaturated/α-hetero) is 1. The topological polar surface area (TPSA) is 37.4 Å². The Labute approximate surface area is 126 Å². The van der Waals surface area contributed by atoms with Gasteiger partial charge in [0.2, 0.25) is 5.91 Å².